The van der Waals surface area contributed by atoms with E-state index >= 15 is 0 Å². The van der Waals surface area contributed by atoms with Crippen LogP contribution >= 0.6 is 0 Å². The number of hydrogen-bond acceptors (Lipinski definition) is 2. The molecular formula is C11H21O2. The summed E-state index contributed by atoms with van der Waals surface area (Å²) < 4.78 is 11.1. The predicted molar refractivity (Wildman–Crippen MR) is 53.3 cm³/mol. The zero-order valence-corrected chi connectivity index (χ0v) is 8.63. The van der Waals surface area contributed by atoms with E-state index in [-0.39, 0.29) is 12.4 Å². The molecule has 1 fully saturated rings. The topological polar surface area (TPSA) is 18.5 Å². The van der Waals surface area contributed by atoms with Crippen molar-refractivity contribution < 1.29 is 9.47 Å². The lowest BCUT2D eigenvalue weighted by Crippen LogP contribution is -2.28. The second-order valence-corrected chi connectivity index (χ2v) is 3.70. The van der Waals surface area contributed by atoms with E-state index in [1.807, 2.05) is 0 Å². The molecule has 0 bridgehead atoms. The van der Waals surface area contributed by atoms with Crippen LogP contribution in [0.2, 0.25) is 0 Å². The van der Waals surface area contributed by atoms with Crippen LogP contribution in [0.1, 0.15) is 45.4 Å². The van der Waals surface area contributed by atoms with Crippen LogP contribution in [0.3, 0.4) is 0 Å². The van der Waals surface area contributed by atoms with Gasteiger partial charge in [-0.05, 0) is 32.6 Å². The van der Waals surface area contributed by atoms with Crippen LogP contribution in [0.4, 0.5) is 0 Å². The van der Waals surface area contributed by atoms with Crippen molar-refractivity contribution in [2.24, 2.45) is 0 Å². The average molecular weight is 185 g/mol. The van der Waals surface area contributed by atoms with Gasteiger partial charge in [-0.3, -0.25) is 0 Å². The van der Waals surface area contributed by atoms with Gasteiger partial charge in [0.1, 0.15) is 0 Å². The van der Waals surface area contributed by atoms with Crippen molar-refractivity contribution in [3.63, 3.8) is 0 Å². The van der Waals surface area contributed by atoms with Crippen molar-refractivity contribution in [1.82, 2.24) is 0 Å². The highest BCUT2D eigenvalue weighted by atomic mass is 16.7. The molecular weight excluding hydrogens is 164 g/mol. The van der Waals surface area contributed by atoms with Crippen molar-refractivity contribution >= 4 is 0 Å². The molecule has 0 N–H and O–H groups in total. The molecule has 2 heteroatoms. The maximum atomic E-state index is 5.59. The van der Waals surface area contributed by atoms with Crippen molar-refractivity contribution in [2.75, 3.05) is 6.61 Å². The maximum absolute atomic E-state index is 5.59. The lowest BCUT2D eigenvalue weighted by atomic mass is 10.1. The molecule has 1 heterocycles. The van der Waals surface area contributed by atoms with E-state index < -0.39 is 0 Å². The Hall–Kier alpha value is -0.0800. The quantitative estimate of drug-likeness (QED) is 0.613. The Balaban J connectivity index is 2.00. The molecule has 0 aliphatic carbocycles. The normalized spacial score (nSPS) is 29.1. The molecule has 0 aromatic rings. The number of ether oxygens (including phenoxy) is 2. The Kier molecular flexibility index (Phi) is 5.40. The Bertz CT molecular complexity index is 125. The Labute approximate surface area is 81.6 Å². The molecule has 0 amide bonds. The molecule has 13 heavy (non-hydrogen) atoms. The third kappa shape index (κ3) is 4.63. The van der Waals surface area contributed by atoms with Gasteiger partial charge in [-0.15, -0.1) is 0 Å². The summed E-state index contributed by atoms with van der Waals surface area (Å²) in [4.78, 5) is 0. The van der Waals surface area contributed by atoms with Crippen molar-refractivity contribution in [3.8, 4) is 0 Å². The molecule has 2 nitrogen and oxygen atoms in total. The van der Waals surface area contributed by atoms with Gasteiger partial charge in [0.2, 0.25) is 0 Å². The van der Waals surface area contributed by atoms with Crippen LogP contribution in [0, 0.1) is 6.92 Å². The molecule has 1 aliphatic heterocycles. The van der Waals surface area contributed by atoms with E-state index in [9.17, 15) is 0 Å². The van der Waals surface area contributed by atoms with Gasteiger partial charge in [0.25, 0.3) is 0 Å². The summed E-state index contributed by atoms with van der Waals surface area (Å²) in [7, 11) is 0. The van der Waals surface area contributed by atoms with Gasteiger partial charge in [0.05, 0.1) is 6.10 Å². The molecule has 1 radical (unpaired) electrons. The third-order valence-corrected chi connectivity index (χ3v) is 2.36. The van der Waals surface area contributed by atoms with Gasteiger partial charge in [-0.1, -0.05) is 19.8 Å². The molecule has 0 aromatic heterocycles. The van der Waals surface area contributed by atoms with E-state index in [1.165, 1.54) is 19.3 Å². The van der Waals surface area contributed by atoms with Crippen molar-refractivity contribution in [2.45, 2.75) is 57.8 Å². The second kappa shape index (κ2) is 6.39. The highest BCUT2D eigenvalue weighted by Gasteiger charge is 2.18. The van der Waals surface area contributed by atoms with Gasteiger partial charge in [-0.2, -0.15) is 0 Å². The number of unbranched alkanes of at least 4 members (excludes halogenated alkanes) is 2. The minimum atomic E-state index is 0.0214. The summed E-state index contributed by atoms with van der Waals surface area (Å²) in [5.41, 5.74) is 0. The lowest BCUT2D eigenvalue weighted by molar-refractivity contribution is -0.183. The largest absolute Gasteiger partial charge is 0.353 e. The van der Waals surface area contributed by atoms with E-state index in [2.05, 4.69) is 13.8 Å². The predicted octanol–water partition coefficient (Wildman–Crippen LogP) is 2.92. The fourth-order valence-electron chi connectivity index (χ4n) is 1.55. The van der Waals surface area contributed by atoms with E-state index in [0.29, 0.717) is 0 Å². The standard InChI is InChI=1S/C11H21O2/c1-3-4-5-9-12-11-8-6-7-10(2)13-11/h10-11H,2-9H2,1H3. The SMILES string of the molecule is [CH2]C1CCCC(OCCCCC)O1. The molecule has 0 spiro atoms. The van der Waals surface area contributed by atoms with Crippen LogP contribution in [-0.2, 0) is 9.47 Å². The maximum Gasteiger partial charge on any atom is 0.157 e. The van der Waals surface area contributed by atoms with E-state index in [4.69, 9.17) is 9.47 Å². The molecule has 2 atom stereocenters. The van der Waals surface area contributed by atoms with Gasteiger partial charge in [-0.25, -0.2) is 0 Å². The Morgan fingerprint density at radius 3 is 2.92 bits per heavy atom. The lowest BCUT2D eigenvalue weighted by Gasteiger charge is -2.27. The average Bonchev–Trinajstić information content (AvgIpc) is 2.13. The summed E-state index contributed by atoms with van der Waals surface area (Å²) >= 11 is 0. The zero-order valence-electron chi connectivity index (χ0n) is 8.63. The van der Waals surface area contributed by atoms with E-state index in [1.54, 1.807) is 0 Å². The molecule has 77 valence electrons. The summed E-state index contributed by atoms with van der Waals surface area (Å²) in [6, 6.07) is 0. The number of hydrogen-bond donors (Lipinski definition) is 0. The van der Waals surface area contributed by atoms with Crippen LogP contribution < -0.4 is 0 Å². The van der Waals surface area contributed by atoms with Gasteiger partial charge in [0.15, 0.2) is 6.29 Å². The fourth-order valence-corrected chi connectivity index (χ4v) is 1.55. The first-order valence-corrected chi connectivity index (χ1v) is 5.43. The van der Waals surface area contributed by atoms with Crippen LogP contribution in [0.25, 0.3) is 0 Å². The highest BCUT2D eigenvalue weighted by molar-refractivity contribution is 4.67. The summed E-state index contributed by atoms with van der Waals surface area (Å²) in [6.45, 7) is 6.93. The number of rotatable bonds is 5. The van der Waals surface area contributed by atoms with Gasteiger partial charge >= 0.3 is 0 Å². The first kappa shape index (κ1) is 11.0. The highest BCUT2D eigenvalue weighted by Crippen LogP contribution is 2.19. The summed E-state index contributed by atoms with van der Waals surface area (Å²) in [5, 5.41) is 0. The Morgan fingerprint density at radius 2 is 2.23 bits per heavy atom. The molecule has 2 unspecified atom stereocenters. The molecule has 1 saturated heterocycles. The minimum absolute atomic E-state index is 0.0214. The fraction of sp³-hybridized carbons (Fsp3) is 0.909. The third-order valence-electron chi connectivity index (χ3n) is 2.36. The van der Waals surface area contributed by atoms with Gasteiger partial charge < -0.3 is 9.47 Å². The first-order chi connectivity index (χ1) is 6.33. The summed E-state index contributed by atoms with van der Waals surface area (Å²) in [5.74, 6) is 0. The molecule has 1 aliphatic rings. The Morgan fingerprint density at radius 1 is 1.38 bits per heavy atom. The van der Waals surface area contributed by atoms with Crippen LogP contribution in [0.15, 0.2) is 0 Å². The summed E-state index contributed by atoms with van der Waals surface area (Å²) in [6.07, 6.45) is 7.11. The molecule has 0 aromatic carbocycles. The van der Waals surface area contributed by atoms with Crippen molar-refractivity contribution in [1.29, 1.82) is 0 Å². The molecule has 0 saturated carbocycles. The second-order valence-electron chi connectivity index (χ2n) is 3.70. The van der Waals surface area contributed by atoms with Crippen molar-refractivity contribution in [3.05, 3.63) is 6.92 Å². The van der Waals surface area contributed by atoms with E-state index in [0.717, 1.165) is 25.9 Å². The first-order valence-electron chi connectivity index (χ1n) is 5.43. The van der Waals surface area contributed by atoms with Crippen LogP contribution in [0.5, 0.6) is 0 Å². The minimum Gasteiger partial charge on any atom is -0.353 e. The van der Waals surface area contributed by atoms with Crippen LogP contribution in [-0.4, -0.2) is 19.0 Å². The monoisotopic (exact) mass is 185 g/mol. The smallest absolute Gasteiger partial charge is 0.157 e. The molecule has 1 rings (SSSR count). The zero-order chi connectivity index (χ0) is 9.52. The van der Waals surface area contributed by atoms with Gasteiger partial charge in [0, 0.05) is 6.61 Å².